The molecule has 1 aromatic carbocycles. The Labute approximate surface area is 117 Å². The van der Waals surface area contributed by atoms with Crippen molar-refractivity contribution in [3.8, 4) is 0 Å². The molecule has 0 aliphatic carbocycles. The summed E-state index contributed by atoms with van der Waals surface area (Å²) in [4.78, 5) is 8.16. The van der Waals surface area contributed by atoms with Gasteiger partial charge in [-0.15, -0.1) is 0 Å². The minimum absolute atomic E-state index is 0.103. The van der Waals surface area contributed by atoms with Crippen LogP contribution in [0.2, 0.25) is 5.02 Å². The summed E-state index contributed by atoms with van der Waals surface area (Å²) in [5.41, 5.74) is 2.07. The molecular formula is C14H16ClN3O. The Morgan fingerprint density at radius 2 is 1.84 bits per heavy atom. The van der Waals surface area contributed by atoms with Gasteiger partial charge in [-0.3, -0.25) is 0 Å². The second-order valence-corrected chi connectivity index (χ2v) is 4.51. The molecule has 5 heteroatoms. The molecule has 0 saturated carbocycles. The van der Waals surface area contributed by atoms with Crippen molar-refractivity contribution in [2.24, 2.45) is 0 Å². The van der Waals surface area contributed by atoms with Gasteiger partial charge in [0.05, 0.1) is 23.5 Å². The number of nitrogens with one attached hydrogen (secondary N) is 1. The number of nitrogens with zero attached hydrogens (tertiary/aromatic N) is 2. The molecule has 0 fully saturated rings. The molecule has 2 aromatic rings. The molecule has 0 bridgehead atoms. The Bertz CT molecular complexity index is 513. The summed E-state index contributed by atoms with van der Waals surface area (Å²) in [6, 6.07) is 8.00. The van der Waals surface area contributed by atoms with Gasteiger partial charge in [-0.25, -0.2) is 9.97 Å². The molecule has 100 valence electrons. The third-order valence-electron chi connectivity index (χ3n) is 2.67. The molecule has 1 atom stereocenters. The van der Waals surface area contributed by atoms with E-state index in [1.165, 1.54) is 0 Å². The third-order valence-corrected chi connectivity index (χ3v) is 2.87. The van der Waals surface area contributed by atoms with E-state index < -0.39 is 0 Å². The monoisotopic (exact) mass is 277 g/mol. The zero-order chi connectivity index (χ0) is 13.7. The number of ether oxygens (including phenoxy) is 1. The number of halogens is 1. The lowest BCUT2D eigenvalue weighted by molar-refractivity contribution is 0.0764. The van der Waals surface area contributed by atoms with E-state index in [1.54, 1.807) is 12.4 Å². The van der Waals surface area contributed by atoms with Crippen LogP contribution >= 0.6 is 11.6 Å². The lowest BCUT2D eigenvalue weighted by atomic mass is 10.1. The minimum atomic E-state index is 0.103. The van der Waals surface area contributed by atoms with Crippen LogP contribution in [0.25, 0.3) is 0 Å². The number of hydrogen-bond acceptors (Lipinski definition) is 4. The van der Waals surface area contributed by atoms with Crippen molar-refractivity contribution in [2.45, 2.75) is 20.0 Å². The lowest BCUT2D eigenvalue weighted by Crippen LogP contribution is -2.00. The van der Waals surface area contributed by atoms with Crippen LogP contribution in [0.3, 0.4) is 0 Å². The van der Waals surface area contributed by atoms with E-state index in [9.17, 15) is 0 Å². The van der Waals surface area contributed by atoms with E-state index in [2.05, 4.69) is 15.3 Å². The fraction of sp³-hybridized carbons (Fsp3) is 0.286. The largest absolute Gasteiger partial charge is 0.374 e. The molecule has 0 aliphatic rings. The molecule has 1 N–H and O–H groups in total. The van der Waals surface area contributed by atoms with Crippen molar-refractivity contribution in [1.82, 2.24) is 9.97 Å². The van der Waals surface area contributed by atoms with Crippen molar-refractivity contribution in [1.29, 1.82) is 0 Å². The Morgan fingerprint density at radius 3 is 2.42 bits per heavy atom. The summed E-state index contributed by atoms with van der Waals surface area (Å²) in [6.07, 6.45) is 3.22. The summed E-state index contributed by atoms with van der Waals surface area (Å²) in [5.74, 6) is 0.523. The predicted octanol–water partition coefficient (Wildman–Crippen LogP) is 3.97. The highest BCUT2D eigenvalue weighted by atomic mass is 35.5. The van der Waals surface area contributed by atoms with Crippen LogP contribution in [-0.2, 0) is 4.74 Å². The number of aromatic nitrogens is 2. The Morgan fingerprint density at radius 1 is 1.21 bits per heavy atom. The molecule has 2 rings (SSSR count). The van der Waals surface area contributed by atoms with Crippen LogP contribution in [-0.4, -0.2) is 16.6 Å². The topological polar surface area (TPSA) is 47.0 Å². The van der Waals surface area contributed by atoms with Gasteiger partial charge < -0.3 is 10.1 Å². The van der Waals surface area contributed by atoms with E-state index >= 15 is 0 Å². The van der Waals surface area contributed by atoms with E-state index in [4.69, 9.17) is 16.3 Å². The molecule has 19 heavy (non-hydrogen) atoms. The first-order valence-corrected chi connectivity index (χ1v) is 6.53. The normalized spacial score (nSPS) is 12.2. The maximum absolute atomic E-state index is 5.73. The van der Waals surface area contributed by atoms with Crippen molar-refractivity contribution >= 4 is 23.2 Å². The van der Waals surface area contributed by atoms with E-state index in [-0.39, 0.29) is 6.10 Å². The molecule has 0 amide bonds. The first kappa shape index (κ1) is 13.8. The molecule has 0 spiro atoms. The third kappa shape index (κ3) is 3.91. The van der Waals surface area contributed by atoms with Crippen molar-refractivity contribution in [2.75, 3.05) is 11.9 Å². The summed E-state index contributed by atoms with van der Waals surface area (Å²) in [7, 11) is 0. The van der Waals surface area contributed by atoms with Crippen LogP contribution < -0.4 is 5.32 Å². The van der Waals surface area contributed by atoms with Crippen LogP contribution in [0.1, 0.15) is 25.5 Å². The zero-order valence-corrected chi connectivity index (χ0v) is 11.7. The summed E-state index contributed by atoms with van der Waals surface area (Å²) < 4.78 is 5.54. The molecule has 0 unspecified atom stereocenters. The van der Waals surface area contributed by atoms with Gasteiger partial charge in [0.15, 0.2) is 0 Å². The molecule has 0 radical (unpaired) electrons. The van der Waals surface area contributed by atoms with Gasteiger partial charge in [-0.05, 0) is 31.5 Å². The van der Waals surface area contributed by atoms with Crippen molar-refractivity contribution < 1.29 is 4.74 Å². The number of benzene rings is 1. The minimum Gasteiger partial charge on any atom is -0.374 e. The average Bonchev–Trinajstić information content (AvgIpc) is 2.42. The van der Waals surface area contributed by atoms with Crippen molar-refractivity contribution in [3.05, 3.63) is 47.2 Å². The quantitative estimate of drug-likeness (QED) is 0.898. The smallest absolute Gasteiger partial charge is 0.227 e. The standard InChI is InChI=1S/C14H16ClN3O/c1-3-19-10(2)11-4-6-13(7-5-11)18-14-16-8-12(15)9-17-14/h4-10H,3H2,1-2H3,(H,16,17,18)/t10-/m0/s1. The fourth-order valence-corrected chi connectivity index (χ4v) is 1.79. The average molecular weight is 278 g/mol. The van der Waals surface area contributed by atoms with Crippen molar-refractivity contribution in [3.63, 3.8) is 0 Å². The first-order valence-electron chi connectivity index (χ1n) is 6.15. The Kier molecular flexibility index (Phi) is 4.71. The van der Waals surface area contributed by atoms with E-state index in [0.717, 1.165) is 11.3 Å². The van der Waals surface area contributed by atoms with Gasteiger partial charge in [0.25, 0.3) is 0 Å². The first-order chi connectivity index (χ1) is 9.19. The second kappa shape index (κ2) is 6.50. The summed E-state index contributed by atoms with van der Waals surface area (Å²) >= 11 is 5.73. The Hall–Kier alpha value is -1.65. The number of anilines is 2. The van der Waals surface area contributed by atoms with Gasteiger partial charge in [0.1, 0.15) is 0 Å². The number of rotatable bonds is 5. The van der Waals surface area contributed by atoms with Gasteiger partial charge in [0.2, 0.25) is 5.95 Å². The van der Waals surface area contributed by atoms with Crippen LogP contribution in [0.4, 0.5) is 11.6 Å². The SMILES string of the molecule is CCO[C@@H](C)c1ccc(Nc2ncc(Cl)cn2)cc1. The molecular weight excluding hydrogens is 262 g/mol. The number of hydrogen-bond donors (Lipinski definition) is 1. The zero-order valence-electron chi connectivity index (χ0n) is 10.9. The Balaban J connectivity index is 2.04. The molecule has 0 aliphatic heterocycles. The highest BCUT2D eigenvalue weighted by molar-refractivity contribution is 6.30. The molecule has 4 nitrogen and oxygen atoms in total. The lowest BCUT2D eigenvalue weighted by Gasteiger charge is -2.12. The highest BCUT2D eigenvalue weighted by Gasteiger charge is 2.04. The van der Waals surface area contributed by atoms with Crippen LogP contribution in [0.5, 0.6) is 0 Å². The maximum atomic E-state index is 5.73. The molecule has 1 heterocycles. The van der Waals surface area contributed by atoms with Gasteiger partial charge in [0, 0.05) is 12.3 Å². The highest BCUT2D eigenvalue weighted by Crippen LogP contribution is 2.20. The maximum Gasteiger partial charge on any atom is 0.227 e. The van der Waals surface area contributed by atoms with Crippen LogP contribution in [0.15, 0.2) is 36.7 Å². The van der Waals surface area contributed by atoms with Gasteiger partial charge in [-0.1, -0.05) is 23.7 Å². The van der Waals surface area contributed by atoms with Gasteiger partial charge >= 0.3 is 0 Å². The fourth-order valence-electron chi connectivity index (χ4n) is 1.69. The summed E-state index contributed by atoms with van der Waals surface area (Å²) in [6.45, 7) is 4.73. The summed E-state index contributed by atoms with van der Waals surface area (Å²) in [5, 5.41) is 3.63. The van der Waals surface area contributed by atoms with Crippen LogP contribution in [0, 0.1) is 0 Å². The predicted molar refractivity (Wildman–Crippen MR) is 76.8 cm³/mol. The van der Waals surface area contributed by atoms with E-state index in [1.807, 2.05) is 38.1 Å². The van der Waals surface area contributed by atoms with E-state index in [0.29, 0.717) is 17.6 Å². The molecule has 0 saturated heterocycles. The molecule has 1 aromatic heterocycles. The second-order valence-electron chi connectivity index (χ2n) is 4.07. The van der Waals surface area contributed by atoms with Gasteiger partial charge in [-0.2, -0.15) is 0 Å².